The minimum Gasteiger partial charge on any atom is -0.339 e. The molecule has 0 aromatic heterocycles. The molecule has 0 unspecified atom stereocenters. The van der Waals surface area contributed by atoms with Gasteiger partial charge in [0.1, 0.15) is 0 Å². The molecule has 1 aliphatic heterocycles. The third-order valence-electron chi connectivity index (χ3n) is 4.19. The van der Waals surface area contributed by atoms with E-state index in [9.17, 15) is 9.59 Å². The second kappa shape index (κ2) is 7.89. The summed E-state index contributed by atoms with van der Waals surface area (Å²) in [5.41, 5.74) is 1.36. The van der Waals surface area contributed by atoms with Gasteiger partial charge in [0.05, 0.1) is 10.7 Å². The molecule has 1 saturated heterocycles. The summed E-state index contributed by atoms with van der Waals surface area (Å²) in [6.45, 7) is 1.54. The fourth-order valence-corrected chi connectivity index (χ4v) is 3.20. The number of piperidine rings is 1. The number of hydrogen-bond acceptors (Lipinski definition) is 2. The quantitative estimate of drug-likeness (QED) is 0.830. The van der Waals surface area contributed by atoms with Crippen LogP contribution < -0.4 is 5.32 Å². The summed E-state index contributed by atoms with van der Waals surface area (Å²) in [7, 11) is 0. The normalized spacial score (nSPS) is 14.2. The monoisotopic (exact) mass is 376 g/mol. The Bertz CT molecular complexity index is 802. The lowest BCUT2D eigenvalue weighted by Gasteiger charge is -2.26. The van der Waals surface area contributed by atoms with Crippen molar-refractivity contribution in [1.29, 1.82) is 0 Å². The number of nitrogens with one attached hydrogen (secondary N) is 1. The van der Waals surface area contributed by atoms with Gasteiger partial charge in [0.25, 0.3) is 11.8 Å². The molecular weight excluding hydrogens is 359 g/mol. The summed E-state index contributed by atoms with van der Waals surface area (Å²) in [5.74, 6) is -0.368. The van der Waals surface area contributed by atoms with Gasteiger partial charge in [0.15, 0.2) is 0 Å². The first-order chi connectivity index (χ1) is 12.0. The number of amides is 2. The first-order valence-electron chi connectivity index (χ1n) is 8.20. The highest BCUT2D eigenvalue weighted by molar-refractivity contribution is 6.35. The van der Waals surface area contributed by atoms with E-state index in [4.69, 9.17) is 23.2 Å². The molecule has 1 aliphatic rings. The van der Waals surface area contributed by atoms with Crippen molar-refractivity contribution >= 4 is 40.7 Å². The van der Waals surface area contributed by atoms with E-state index in [0.717, 1.165) is 32.4 Å². The fourth-order valence-electron chi connectivity index (χ4n) is 2.86. The molecular formula is C19H18Cl2N2O2. The zero-order valence-electron chi connectivity index (χ0n) is 13.6. The number of rotatable bonds is 3. The van der Waals surface area contributed by atoms with Crippen LogP contribution >= 0.6 is 23.2 Å². The number of hydrogen-bond donors (Lipinski definition) is 1. The molecule has 0 saturated carbocycles. The summed E-state index contributed by atoms with van der Waals surface area (Å²) in [6.07, 6.45) is 3.21. The number of nitrogens with zero attached hydrogens (tertiary/aromatic N) is 1. The second-order valence-electron chi connectivity index (χ2n) is 6.01. The average Bonchev–Trinajstić information content (AvgIpc) is 2.65. The first-order valence-corrected chi connectivity index (χ1v) is 8.96. The first kappa shape index (κ1) is 17.8. The topological polar surface area (TPSA) is 49.4 Å². The Morgan fingerprint density at radius 3 is 2.40 bits per heavy atom. The van der Waals surface area contributed by atoms with Crippen molar-refractivity contribution in [2.45, 2.75) is 19.3 Å². The van der Waals surface area contributed by atoms with Crippen LogP contribution in [0.4, 0.5) is 5.69 Å². The van der Waals surface area contributed by atoms with Gasteiger partial charge >= 0.3 is 0 Å². The lowest BCUT2D eigenvalue weighted by molar-refractivity contribution is 0.0724. The highest BCUT2D eigenvalue weighted by Crippen LogP contribution is 2.26. The summed E-state index contributed by atoms with van der Waals surface area (Å²) in [6, 6.07) is 11.6. The van der Waals surface area contributed by atoms with E-state index in [2.05, 4.69) is 5.32 Å². The van der Waals surface area contributed by atoms with Gasteiger partial charge in [-0.2, -0.15) is 0 Å². The number of carbonyl (C=O) groups excluding carboxylic acids is 2. The average molecular weight is 377 g/mol. The molecule has 1 fully saturated rings. The van der Waals surface area contributed by atoms with E-state index in [0.29, 0.717) is 26.9 Å². The van der Waals surface area contributed by atoms with Crippen molar-refractivity contribution in [1.82, 2.24) is 4.90 Å². The van der Waals surface area contributed by atoms with Crippen molar-refractivity contribution in [3.05, 3.63) is 63.6 Å². The third-order valence-corrected chi connectivity index (χ3v) is 4.76. The Morgan fingerprint density at radius 1 is 0.920 bits per heavy atom. The maximum absolute atomic E-state index is 12.6. The number of likely N-dealkylation sites (tertiary alicyclic amines) is 1. The minimum atomic E-state index is -0.336. The van der Waals surface area contributed by atoms with Crippen molar-refractivity contribution < 1.29 is 9.59 Å². The zero-order chi connectivity index (χ0) is 17.8. The van der Waals surface area contributed by atoms with Crippen LogP contribution in [0.1, 0.15) is 40.0 Å². The Kier molecular flexibility index (Phi) is 5.61. The highest BCUT2D eigenvalue weighted by atomic mass is 35.5. The van der Waals surface area contributed by atoms with E-state index >= 15 is 0 Å². The van der Waals surface area contributed by atoms with Crippen LogP contribution in [0.5, 0.6) is 0 Å². The Hall–Kier alpha value is -2.04. The fraction of sp³-hybridized carbons (Fsp3) is 0.263. The predicted molar refractivity (Wildman–Crippen MR) is 101 cm³/mol. The Balaban J connectivity index is 1.77. The molecule has 2 aromatic rings. The van der Waals surface area contributed by atoms with E-state index in [1.807, 2.05) is 4.90 Å². The molecule has 3 rings (SSSR count). The van der Waals surface area contributed by atoms with Crippen LogP contribution in [0.3, 0.4) is 0 Å². The molecule has 1 N–H and O–H groups in total. The highest BCUT2D eigenvalue weighted by Gasteiger charge is 2.19. The molecule has 4 nitrogen and oxygen atoms in total. The predicted octanol–water partition coefficient (Wildman–Crippen LogP) is 4.87. The standard InChI is InChI=1S/C19H18Cl2N2O2/c20-15-7-8-16(21)17(12-15)22-18(24)13-5-4-6-14(11-13)19(25)23-9-2-1-3-10-23/h4-8,11-12H,1-3,9-10H2,(H,22,24). The van der Waals surface area contributed by atoms with Crippen molar-refractivity contribution in [2.24, 2.45) is 0 Å². The molecule has 1 heterocycles. The Morgan fingerprint density at radius 2 is 1.64 bits per heavy atom. The van der Waals surface area contributed by atoms with Crippen LogP contribution in [-0.2, 0) is 0 Å². The van der Waals surface area contributed by atoms with Crippen molar-refractivity contribution in [3.8, 4) is 0 Å². The molecule has 2 aromatic carbocycles. The number of benzene rings is 2. The lowest BCUT2D eigenvalue weighted by atomic mass is 10.1. The molecule has 25 heavy (non-hydrogen) atoms. The van der Waals surface area contributed by atoms with E-state index < -0.39 is 0 Å². The molecule has 0 bridgehead atoms. The number of anilines is 1. The molecule has 0 radical (unpaired) electrons. The van der Waals surface area contributed by atoms with Gasteiger partial charge in [-0.15, -0.1) is 0 Å². The van der Waals surface area contributed by atoms with Crippen LogP contribution in [0.2, 0.25) is 10.0 Å². The lowest BCUT2D eigenvalue weighted by Crippen LogP contribution is -2.35. The maximum atomic E-state index is 12.6. The van der Waals surface area contributed by atoms with Gasteiger partial charge in [0.2, 0.25) is 0 Å². The summed E-state index contributed by atoms with van der Waals surface area (Å²) < 4.78 is 0. The van der Waals surface area contributed by atoms with E-state index in [-0.39, 0.29) is 11.8 Å². The maximum Gasteiger partial charge on any atom is 0.255 e. The van der Waals surface area contributed by atoms with E-state index in [1.54, 1.807) is 42.5 Å². The SMILES string of the molecule is O=C(Nc1cc(Cl)ccc1Cl)c1cccc(C(=O)N2CCCCC2)c1. The molecule has 6 heteroatoms. The van der Waals surface area contributed by atoms with Crippen molar-refractivity contribution in [2.75, 3.05) is 18.4 Å². The van der Waals surface area contributed by atoms with Gasteiger partial charge in [-0.1, -0.05) is 29.3 Å². The molecule has 0 aliphatic carbocycles. The molecule has 0 atom stereocenters. The van der Waals surface area contributed by atoms with Gasteiger partial charge in [-0.25, -0.2) is 0 Å². The third kappa shape index (κ3) is 4.33. The summed E-state index contributed by atoms with van der Waals surface area (Å²) >= 11 is 12.0. The van der Waals surface area contributed by atoms with Gasteiger partial charge in [-0.3, -0.25) is 9.59 Å². The summed E-state index contributed by atoms with van der Waals surface area (Å²) in [4.78, 5) is 26.9. The molecule has 0 spiro atoms. The molecule has 130 valence electrons. The smallest absolute Gasteiger partial charge is 0.255 e. The molecule has 2 amide bonds. The van der Waals surface area contributed by atoms with Crippen LogP contribution in [0, 0.1) is 0 Å². The van der Waals surface area contributed by atoms with Gasteiger partial charge in [0, 0.05) is 29.2 Å². The van der Waals surface area contributed by atoms with Crippen molar-refractivity contribution in [3.63, 3.8) is 0 Å². The number of carbonyl (C=O) groups is 2. The minimum absolute atomic E-state index is 0.0323. The van der Waals surface area contributed by atoms with Gasteiger partial charge in [-0.05, 0) is 55.7 Å². The second-order valence-corrected chi connectivity index (χ2v) is 6.86. The number of halogens is 2. The summed E-state index contributed by atoms with van der Waals surface area (Å²) in [5, 5.41) is 3.61. The van der Waals surface area contributed by atoms with Gasteiger partial charge < -0.3 is 10.2 Å². The van der Waals surface area contributed by atoms with Crippen LogP contribution in [0.25, 0.3) is 0 Å². The van der Waals surface area contributed by atoms with E-state index in [1.165, 1.54) is 0 Å². The largest absolute Gasteiger partial charge is 0.339 e. The zero-order valence-corrected chi connectivity index (χ0v) is 15.1. The van der Waals surface area contributed by atoms with Crippen LogP contribution in [-0.4, -0.2) is 29.8 Å². The van der Waals surface area contributed by atoms with Crippen LogP contribution in [0.15, 0.2) is 42.5 Å². The Labute approximate surface area is 156 Å².